The highest BCUT2D eigenvalue weighted by Gasteiger charge is 2.23. The number of amides is 1. The normalized spacial score (nSPS) is 13.1. The summed E-state index contributed by atoms with van der Waals surface area (Å²) in [6.45, 7) is 5.39. The van der Waals surface area contributed by atoms with E-state index >= 15 is 0 Å². The lowest BCUT2D eigenvalue weighted by Gasteiger charge is -2.25. The van der Waals surface area contributed by atoms with Crippen molar-refractivity contribution in [1.82, 2.24) is 5.32 Å². The molecule has 0 aromatic heterocycles. The first-order valence-corrected chi connectivity index (χ1v) is 6.56. The van der Waals surface area contributed by atoms with Crippen LogP contribution >= 0.6 is 0 Å². The standard InChI is InChI=1S/C15H24N2O2/c1-15(2,9-10-16)11-17-14(18)13(19-3)12-7-5-4-6-8-12/h4-8,13H,9-11,16H2,1-3H3,(H,17,18). The van der Waals surface area contributed by atoms with E-state index in [1.807, 2.05) is 30.3 Å². The molecule has 0 saturated heterocycles. The van der Waals surface area contributed by atoms with Crippen molar-refractivity contribution < 1.29 is 9.53 Å². The van der Waals surface area contributed by atoms with Gasteiger partial charge in [-0.2, -0.15) is 0 Å². The highest BCUT2D eigenvalue weighted by Crippen LogP contribution is 2.20. The van der Waals surface area contributed by atoms with Crippen molar-refractivity contribution in [2.75, 3.05) is 20.2 Å². The van der Waals surface area contributed by atoms with Gasteiger partial charge in [-0.25, -0.2) is 0 Å². The fourth-order valence-corrected chi connectivity index (χ4v) is 1.92. The van der Waals surface area contributed by atoms with Gasteiger partial charge in [0.2, 0.25) is 0 Å². The van der Waals surface area contributed by atoms with Crippen LogP contribution < -0.4 is 11.1 Å². The van der Waals surface area contributed by atoms with Gasteiger partial charge in [-0.15, -0.1) is 0 Å². The Bertz CT molecular complexity index is 390. The van der Waals surface area contributed by atoms with Gasteiger partial charge in [-0.05, 0) is 23.9 Å². The molecule has 0 aliphatic heterocycles. The number of nitrogens with one attached hydrogen (secondary N) is 1. The molecule has 19 heavy (non-hydrogen) atoms. The van der Waals surface area contributed by atoms with Gasteiger partial charge in [0, 0.05) is 13.7 Å². The first-order valence-electron chi connectivity index (χ1n) is 6.56. The van der Waals surface area contributed by atoms with Gasteiger partial charge in [-0.3, -0.25) is 4.79 Å². The maximum absolute atomic E-state index is 12.2. The van der Waals surface area contributed by atoms with Gasteiger partial charge in [0.25, 0.3) is 5.91 Å². The number of carbonyl (C=O) groups is 1. The Morgan fingerprint density at radius 1 is 1.37 bits per heavy atom. The van der Waals surface area contributed by atoms with Gasteiger partial charge in [0.05, 0.1) is 0 Å². The molecular weight excluding hydrogens is 240 g/mol. The van der Waals surface area contributed by atoms with Crippen LogP contribution in [-0.2, 0) is 9.53 Å². The third-order valence-corrected chi connectivity index (χ3v) is 3.14. The molecule has 1 rings (SSSR count). The largest absolute Gasteiger partial charge is 0.367 e. The lowest BCUT2D eigenvalue weighted by Crippen LogP contribution is -2.38. The number of hydrogen-bond donors (Lipinski definition) is 2. The van der Waals surface area contributed by atoms with Crippen LogP contribution in [-0.4, -0.2) is 26.1 Å². The number of benzene rings is 1. The molecule has 0 heterocycles. The topological polar surface area (TPSA) is 64.3 Å². The van der Waals surface area contributed by atoms with E-state index in [2.05, 4.69) is 19.2 Å². The Labute approximate surface area is 115 Å². The van der Waals surface area contributed by atoms with Crippen LogP contribution in [0.5, 0.6) is 0 Å². The zero-order valence-corrected chi connectivity index (χ0v) is 12.0. The first-order chi connectivity index (χ1) is 9.00. The van der Waals surface area contributed by atoms with Gasteiger partial charge in [-0.1, -0.05) is 44.2 Å². The molecule has 0 spiro atoms. The van der Waals surface area contributed by atoms with Crippen molar-refractivity contribution in [1.29, 1.82) is 0 Å². The summed E-state index contributed by atoms with van der Waals surface area (Å²) in [4.78, 5) is 12.2. The quantitative estimate of drug-likeness (QED) is 0.790. The monoisotopic (exact) mass is 264 g/mol. The number of ether oxygens (including phenoxy) is 1. The summed E-state index contributed by atoms with van der Waals surface area (Å²) in [5.41, 5.74) is 6.42. The maximum Gasteiger partial charge on any atom is 0.253 e. The fourth-order valence-electron chi connectivity index (χ4n) is 1.92. The van der Waals surface area contributed by atoms with E-state index in [9.17, 15) is 4.79 Å². The van der Waals surface area contributed by atoms with Crippen LogP contribution in [0.1, 0.15) is 31.9 Å². The number of hydrogen-bond acceptors (Lipinski definition) is 3. The average molecular weight is 264 g/mol. The SMILES string of the molecule is COC(C(=O)NCC(C)(C)CCN)c1ccccc1. The van der Waals surface area contributed by atoms with Crippen molar-refractivity contribution in [2.24, 2.45) is 11.1 Å². The van der Waals surface area contributed by atoms with Crippen molar-refractivity contribution in [3.63, 3.8) is 0 Å². The molecule has 1 unspecified atom stereocenters. The van der Waals surface area contributed by atoms with Crippen LogP contribution in [0, 0.1) is 5.41 Å². The zero-order valence-electron chi connectivity index (χ0n) is 12.0. The molecule has 1 amide bonds. The summed E-state index contributed by atoms with van der Waals surface area (Å²) in [7, 11) is 1.54. The zero-order chi connectivity index (χ0) is 14.3. The first kappa shape index (κ1) is 15.7. The van der Waals surface area contributed by atoms with Crippen LogP contribution in [0.25, 0.3) is 0 Å². The molecule has 0 fully saturated rings. The molecule has 106 valence electrons. The predicted octanol–water partition coefficient (Wildman–Crippen LogP) is 1.87. The predicted molar refractivity (Wildman–Crippen MR) is 76.7 cm³/mol. The molecule has 1 aromatic rings. The average Bonchev–Trinajstić information content (AvgIpc) is 2.39. The second-order valence-electron chi connectivity index (χ2n) is 5.45. The number of methoxy groups -OCH3 is 1. The molecule has 0 aliphatic carbocycles. The smallest absolute Gasteiger partial charge is 0.253 e. The molecule has 3 N–H and O–H groups in total. The van der Waals surface area contributed by atoms with Crippen LogP contribution in [0.2, 0.25) is 0 Å². The molecule has 0 bridgehead atoms. The van der Waals surface area contributed by atoms with E-state index in [4.69, 9.17) is 10.5 Å². The Morgan fingerprint density at radius 3 is 2.53 bits per heavy atom. The summed E-state index contributed by atoms with van der Waals surface area (Å²) in [5, 5.41) is 2.94. The summed E-state index contributed by atoms with van der Waals surface area (Å²) in [6.07, 6.45) is 0.311. The summed E-state index contributed by atoms with van der Waals surface area (Å²) in [6, 6.07) is 9.48. The molecule has 0 aliphatic rings. The van der Waals surface area contributed by atoms with Crippen molar-refractivity contribution >= 4 is 5.91 Å². The van der Waals surface area contributed by atoms with Crippen molar-refractivity contribution in [3.05, 3.63) is 35.9 Å². The van der Waals surface area contributed by atoms with E-state index < -0.39 is 6.10 Å². The molecule has 0 saturated carbocycles. The van der Waals surface area contributed by atoms with Crippen LogP contribution in [0.4, 0.5) is 0 Å². The second kappa shape index (κ2) is 7.26. The fraction of sp³-hybridized carbons (Fsp3) is 0.533. The van der Waals surface area contributed by atoms with Crippen molar-refractivity contribution in [3.8, 4) is 0 Å². The molecule has 4 heteroatoms. The molecular formula is C15H24N2O2. The molecule has 1 aromatic carbocycles. The van der Waals surface area contributed by atoms with E-state index in [-0.39, 0.29) is 11.3 Å². The minimum Gasteiger partial charge on any atom is -0.367 e. The Kier molecular flexibility index (Phi) is 5.99. The third kappa shape index (κ3) is 5.01. The Hall–Kier alpha value is -1.39. The second-order valence-corrected chi connectivity index (χ2v) is 5.45. The highest BCUT2D eigenvalue weighted by molar-refractivity contribution is 5.82. The van der Waals surface area contributed by atoms with Crippen LogP contribution in [0.15, 0.2) is 30.3 Å². The minimum atomic E-state index is -0.560. The molecule has 4 nitrogen and oxygen atoms in total. The summed E-state index contributed by atoms with van der Waals surface area (Å²) in [5.74, 6) is -0.112. The van der Waals surface area contributed by atoms with Gasteiger partial charge in [0.15, 0.2) is 6.10 Å². The number of carbonyl (C=O) groups excluding carboxylic acids is 1. The van der Waals surface area contributed by atoms with Crippen LogP contribution in [0.3, 0.4) is 0 Å². The van der Waals surface area contributed by atoms with Gasteiger partial charge < -0.3 is 15.8 Å². The lowest BCUT2D eigenvalue weighted by atomic mass is 9.89. The highest BCUT2D eigenvalue weighted by atomic mass is 16.5. The number of nitrogens with two attached hydrogens (primary N) is 1. The van der Waals surface area contributed by atoms with Gasteiger partial charge >= 0.3 is 0 Å². The lowest BCUT2D eigenvalue weighted by molar-refractivity contribution is -0.131. The van der Waals surface area contributed by atoms with Crippen molar-refractivity contribution in [2.45, 2.75) is 26.4 Å². The minimum absolute atomic E-state index is 0.000606. The molecule has 1 atom stereocenters. The van der Waals surface area contributed by atoms with E-state index in [0.717, 1.165) is 12.0 Å². The summed E-state index contributed by atoms with van der Waals surface area (Å²) >= 11 is 0. The maximum atomic E-state index is 12.2. The molecule has 0 radical (unpaired) electrons. The Balaban J connectivity index is 2.61. The number of rotatable bonds is 7. The summed E-state index contributed by atoms with van der Waals surface area (Å²) < 4.78 is 5.29. The van der Waals surface area contributed by atoms with E-state index in [1.165, 1.54) is 0 Å². The van der Waals surface area contributed by atoms with E-state index in [0.29, 0.717) is 13.1 Å². The third-order valence-electron chi connectivity index (χ3n) is 3.14. The van der Waals surface area contributed by atoms with E-state index in [1.54, 1.807) is 7.11 Å². The van der Waals surface area contributed by atoms with Gasteiger partial charge in [0.1, 0.15) is 0 Å². The Morgan fingerprint density at radius 2 is 2.00 bits per heavy atom.